The zero-order valence-corrected chi connectivity index (χ0v) is 16.6. The molecule has 0 aliphatic heterocycles. The number of oxazole rings is 1. The number of ether oxygens (including phenoxy) is 1. The number of thiazole rings is 1. The number of hydrogen-bond donors (Lipinski definition) is 1. The molecule has 30 heavy (non-hydrogen) atoms. The lowest BCUT2D eigenvalue weighted by Crippen LogP contribution is -2.32. The van der Waals surface area contributed by atoms with E-state index < -0.39 is 18.0 Å². The molecule has 2 heterocycles. The van der Waals surface area contributed by atoms with Crippen molar-refractivity contribution in [1.29, 1.82) is 0 Å². The second-order valence-corrected chi connectivity index (χ2v) is 7.23. The zero-order chi connectivity index (χ0) is 21.1. The molecule has 0 aliphatic carbocycles. The molecule has 9 heteroatoms. The minimum Gasteiger partial charge on any atom is -0.449 e. The number of esters is 1. The van der Waals surface area contributed by atoms with Gasteiger partial charge in [0, 0.05) is 10.9 Å². The molecule has 1 N–H and O–H groups in total. The van der Waals surface area contributed by atoms with E-state index in [0.717, 1.165) is 5.56 Å². The third-order valence-corrected chi connectivity index (χ3v) is 5.11. The maximum absolute atomic E-state index is 13.1. The van der Waals surface area contributed by atoms with Crippen LogP contribution in [0.2, 0.25) is 0 Å². The van der Waals surface area contributed by atoms with E-state index in [0.29, 0.717) is 21.9 Å². The molecule has 4 aromatic rings. The molecule has 7 nitrogen and oxygen atoms in total. The molecule has 4 rings (SSSR count). The van der Waals surface area contributed by atoms with Crippen LogP contribution in [0.15, 0.2) is 58.7 Å². The van der Waals surface area contributed by atoms with E-state index in [1.54, 1.807) is 36.6 Å². The van der Waals surface area contributed by atoms with E-state index >= 15 is 0 Å². The van der Waals surface area contributed by atoms with E-state index in [1.165, 1.54) is 35.9 Å². The van der Waals surface area contributed by atoms with Gasteiger partial charge in [0.05, 0.1) is 11.3 Å². The highest BCUT2D eigenvalue weighted by molar-refractivity contribution is 7.14. The van der Waals surface area contributed by atoms with Gasteiger partial charge in [0.1, 0.15) is 11.3 Å². The summed E-state index contributed by atoms with van der Waals surface area (Å²) < 4.78 is 23.6. The number of nitrogens with zero attached hydrogens (tertiary/aromatic N) is 2. The second kappa shape index (κ2) is 8.42. The van der Waals surface area contributed by atoms with Crippen molar-refractivity contribution in [3.05, 3.63) is 65.6 Å². The fraction of sp³-hybridized carbons (Fsp3) is 0.143. The summed E-state index contributed by atoms with van der Waals surface area (Å²) in [5.41, 5.74) is 2.68. The van der Waals surface area contributed by atoms with Crippen molar-refractivity contribution in [2.75, 3.05) is 5.32 Å². The molecule has 1 atom stereocenters. The lowest BCUT2D eigenvalue weighted by molar-refractivity contribution is -0.124. The Labute approximate surface area is 174 Å². The Morgan fingerprint density at radius 3 is 2.80 bits per heavy atom. The van der Waals surface area contributed by atoms with Crippen molar-refractivity contribution in [1.82, 2.24) is 9.97 Å². The Bertz CT molecular complexity index is 1200. The van der Waals surface area contributed by atoms with E-state index in [-0.39, 0.29) is 17.8 Å². The summed E-state index contributed by atoms with van der Waals surface area (Å²) in [5.74, 6) is -1.45. The standard InChI is InChI=1S/C21H16FN3O4S/c1-2-17(29-20(27)13-5-8-15-18(9-13)28-11-23-15)19(26)25-21-24-16(10-30-21)12-3-6-14(22)7-4-12/h3-11,17H,2H2,1H3,(H,24,25,26). The van der Waals surface area contributed by atoms with Crippen LogP contribution < -0.4 is 5.32 Å². The number of anilines is 1. The van der Waals surface area contributed by atoms with Crippen LogP contribution in [0, 0.1) is 5.82 Å². The van der Waals surface area contributed by atoms with Gasteiger partial charge in [-0.1, -0.05) is 6.92 Å². The Balaban J connectivity index is 1.42. The predicted octanol–water partition coefficient (Wildman–Crippen LogP) is 4.66. The van der Waals surface area contributed by atoms with Crippen LogP contribution >= 0.6 is 11.3 Å². The number of nitrogens with one attached hydrogen (secondary N) is 1. The first kappa shape index (κ1) is 19.7. The molecule has 0 spiro atoms. The maximum atomic E-state index is 13.1. The van der Waals surface area contributed by atoms with Crippen LogP contribution in [0.1, 0.15) is 23.7 Å². The fourth-order valence-electron chi connectivity index (χ4n) is 2.77. The van der Waals surface area contributed by atoms with Gasteiger partial charge in [-0.25, -0.2) is 19.2 Å². The summed E-state index contributed by atoms with van der Waals surface area (Å²) in [6.45, 7) is 1.74. The summed E-state index contributed by atoms with van der Waals surface area (Å²) >= 11 is 1.23. The fourth-order valence-corrected chi connectivity index (χ4v) is 3.49. The molecule has 2 aromatic carbocycles. The van der Waals surface area contributed by atoms with Crippen molar-refractivity contribution in [2.45, 2.75) is 19.4 Å². The molecule has 2 aromatic heterocycles. The van der Waals surface area contributed by atoms with Crippen molar-refractivity contribution in [2.24, 2.45) is 0 Å². The molecule has 0 radical (unpaired) electrons. The van der Waals surface area contributed by atoms with Crippen LogP contribution in [0.4, 0.5) is 9.52 Å². The molecular formula is C21H16FN3O4S. The van der Waals surface area contributed by atoms with Crippen LogP contribution in [0.5, 0.6) is 0 Å². The molecule has 1 unspecified atom stereocenters. The number of carbonyl (C=O) groups excluding carboxylic acids is 2. The van der Waals surface area contributed by atoms with Crippen molar-refractivity contribution < 1.29 is 23.1 Å². The minimum atomic E-state index is -0.985. The average molecular weight is 425 g/mol. The van der Waals surface area contributed by atoms with Crippen LogP contribution in [-0.4, -0.2) is 27.9 Å². The number of hydrogen-bond acceptors (Lipinski definition) is 7. The molecule has 0 bridgehead atoms. The van der Waals surface area contributed by atoms with Crippen molar-refractivity contribution >= 4 is 39.4 Å². The van der Waals surface area contributed by atoms with Gasteiger partial charge in [-0.05, 0) is 48.9 Å². The predicted molar refractivity (Wildman–Crippen MR) is 110 cm³/mol. The number of halogens is 1. The number of fused-ring (bicyclic) bond motifs is 1. The number of amides is 1. The first-order valence-corrected chi connectivity index (χ1v) is 9.98. The van der Waals surface area contributed by atoms with Gasteiger partial charge in [0.15, 0.2) is 23.2 Å². The highest BCUT2D eigenvalue weighted by Gasteiger charge is 2.23. The largest absolute Gasteiger partial charge is 0.449 e. The average Bonchev–Trinajstić information content (AvgIpc) is 3.41. The molecule has 0 fully saturated rings. The van der Waals surface area contributed by atoms with Gasteiger partial charge >= 0.3 is 5.97 Å². The van der Waals surface area contributed by atoms with E-state index in [1.807, 2.05) is 0 Å². The van der Waals surface area contributed by atoms with Gasteiger partial charge in [0.2, 0.25) is 0 Å². The molecule has 0 saturated heterocycles. The monoisotopic (exact) mass is 425 g/mol. The number of carbonyl (C=O) groups is 2. The summed E-state index contributed by atoms with van der Waals surface area (Å²) in [4.78, 5) is 33.3. The highest BCUT2D eigenvalue weighted by Crippen LogP contribution is 2.25. The molecular weight excluding hydrogens is 409 g/mol. The summed E-state index contributed by atoms with van der Waals surface area (Å²) in [5, 5.41) is 4.78. The Morgan fingerprint density at radius 2 is 2.03 bits per heavy atom. The second-order valence-electron chi connectivity index (χ2n) is 6.37. The van der Waals surface area contributed by atoms with E-state index in [9.17, 15) is 14.0 Å². The van der Waals surface area contributed by atoms with Gasteiger partial charge in [-0.15, -0.1) is 11.3 Å². The molecule has 0 saturated carbocycles. The number of rotatable bonds is 6. The van der Waals surface area contributed by atoms with Crippen LogP contribution in [0.25, 0.3) is 22.4 Å². The van der Waals surface area contributed by atoms with Gasteiger partial charge < -0.3 is 9.15 Å². The van der Waals surface area contributed by atoms with Crippen molar-refractivity contribution in [3.8, 4) is 11.3 Å². The topological polar surface area (TPSA) is 94.3 Å². The number of benzene rings is 2. The van der Waals surface area contributed by atoms with Crippen molar-refractivity contribution in [3.63, 3.8) is 0 Å². The van der Waals surface area contributed by atoms with Gasteiger partial charge in [-0.2, -0.15) is 0 Å². The van der Waals surface area contributed by atoms with E-state index in [2.05, 4.69) is 15.3 Å². The third-order valence-electron chi connectivity index (χ3n) is 4.35. The zero-order valence-electron chi connectivity index (χ0n) is 15.8. The maximum Gasteiger partial charge on any atom is 0.339 e. The smallest absolute Gasteiger partial charge is 0.339 e. The SMILES string of the molecule is CCC(OC(=O)c1ccc2ncoc2c1)C(=O)Nc1nc(-c2ccc(F)cc2)cs1. The first-order valence-electron chi connectivity index (χ1n) is 9.10. The van der Waals surface area contributed by atoms with Crippen LogP contribution in [0.3, 0.4) is 0 Å². The van der Waals surface area contributed by atoms with Crippen LogP contribution in [-0.2, 0) is 9.53 Å². The Kier molecular flexibility index (Phi) is 5.53. The summed E-state index contributed by atoms with van der Waals surface area (Å²) in [6.07, 6.45) is 0.593. The highest BCUT2D eigenvalue weighted by atomic mass is 32.1. The normalized spacial score (nSPS) is 11.9. The molecule has 0 aliphatic rings. The lowest BCUT2D eigenvalue weighted by atomic mass is 10.2. The van der Waals surface area contributed by atoms with Gasteiger partial charge in [-0.3, -0.25) is 10.1 Å². The summed E-state index contributed by atoms with van der Waals surface area (Å²) in [7, 11) is 0. The van der Waals surface area contributed by atoms with Gasteiger partial charge in [0.25, 0.3) is 5.91 Å². The quantitative estimate of drug-likeness (QED) is 0.452. The summed E-state index contributed by atoms with van der Waals surface area (Å²) in [6, 6.07) is 10.6. The Morgan fingerprint density at radius 1 is 1.23 bits per heavy atom. The minimum absolute atomic E-state index is 0.262. The molecule has 152 valence electrons. The molecule has 1 amide bonds. The number of aromatic nitrogens is 2. The Hall–Kier alpha value is -3.59. The third kappa shape index (κ3) is 4.20. The van der Waals surface area contributed by atoms with E-state index in [4.69, 9.17) is 9.15 Å². The lowest BCUT2D eigenvalue weighted by Gasteiger charge is -2.15. The first-order chi connectivity index (χ1) is 14.5.